The second kappa shape index (κ2) is 11.0. The Bertz CT molecular complexity index is 1470. The van der Waals surface area contributed by atoms with Gasteiger partial charge in [0, 0.05) is 30.1 Å². The van der Waals surface area contributed by atoms with Gasteiger partial charge in [0.1, 0.15) is 23.9 Å². The Morgan fingerprint density at radius 3 is 2.32 bits per heavy atom. The number of Topliss-reactive ketones (excluding diaryl/α,β-unsaturated/α-hetero) is 1. The fourth-order valence-electron chi connectivity index (χ4n) is 4.55. The number of carbonyl (C=O) groups excluding carboxylic acids is 2. The molecule has 0 bridgehead atoms. The topological polar surface area (TPSA) is 89.0 Å². The minimum absolute atomic E-state index is 0.00124. The van der Waals surface area contributed by atoms with Crippen molar-refractivity contribution in [2.45, 2.75) is 19.2 Å². The summed E-state index contributed by atoms with van der Waals surface area (Å²) in [5.74, 6) is -0.599. The molecule has 1 aliphatic rings. The third-order valence-corrected chi connectivity index (χ3v) is 6.43. The number of benzene rings is 3. The number of rotatable bonds is 8. The van der Waals surface area contributed by atoms with Crippen LogP contribution in [0.25, 0.3) is 5.76 Å². The van der Waals surface area contributed by atoms with Gasteiger partial charge in [0.25, 0.3) is 11.7 Å². The van der Waals surface area contributed by atoms with Crippen LogP contribution in [-0.4, -0.2) is 33.8 Å². The molecule has 38 heavy (non-hydrogen) atoms. The van der Waals surface area contributed by atoms with E-state index in [2.05, 4.69) is 4.98 Å². The van der Waals surface area contributed by atoms with Crippen LogP contribution in [-0.2, 0) is 22.7 Å². The summed E-state index contributed by atoms with van der Waals surface area (Å²) < 4.78 is 11.4. The summed E-state index contributed by atoms with van der Waals surface area (Å²) in [5, 5.41) is 11.4. The van der Waals surface area contributed by atoms with Crippen LogP contribution < -0.4 is 9.47 Å². The van der Waals surface area contributed by atoms with E-state index in [1.165, 1.54) is 12.0 Å². The van der Waals surface area contributed by atoms with Crippen LogP contribution in [0.4, 0.5) is 0 Å². The van der Waals surface area contributed by atoms with Gasteiger partial charge in [-0.2, -0.15) is 0 Å². The molecule has 2 heterocycles. The number of ether oxygens (including phenoxy) is 2. The number of methoxy groups -OCH3 is 1. The second-order valence-electron chi connectivity index (χ2n) is 8.83. The molecule has 1 aliphatic heterocycles. The third-order valence-electron chi connectivity index (χ3n) is 6.43. The van der Waals surface area contributed by atoms with Crippen LogP contribution in [0, 0.1) is 0 Å². The van der Waals surface area contributed by atoms with E-state index >= 15 is 0 Å². The average Bonchev–Trinajstić information content (AvgIpc) is 3.21. The van der Waals surface area contributed by atoms with E-state index in [1.807, 2.05) is 42.5 Å². The van der Waals surface area contributed by atoms with Crippen LogP contribution in [0.15, 0.2) is 109 Å². The van der Waals surface area contributed by atoms with Gasteiger partial charge >= 0.3 is 0 Å². The number of para-hydroxylation sites is 1. The maximum Gasteiger partial charge on any atom is 0.295 e. The number of aromatic nitrogens is 1. The molecule has 7 nitrogen and oxygen atoms in total. The number of hydrogen-bond acceptors (Lipinski definition) is 6. The van der Waals surface area contributed by atoms with E-state index in [1.54, 1.807) is 60.9 Å². The molecular formula is C31H26N2O5. The van der Waals surface area contributed by atoms with Crippen molar-refractivity contribution in [1.82, 2.24) is 9.88 Å². The zero-order valence-corrected chi connectivity index (χ0v) is 20.8. The summed E-state index contributed by atoms with van der Waals surface area (Å²) in [6.45, 7) is 0.545. The van der Waals surface area contributed by atoms with Gasteiger partial charge in [-0.3, -0.25) is 14.6 Å². The quantitative estimate of drug-likeness (QED) is 0.198. The molecule has 1 saturated heterocycles. The molecule has 1 N–H and O–H groups in total. The van der Waals surface area contributed by atoms with Gasteiger partial charge in [-0.1, -0.05) is 54.6 Å². The van der Waals surface area contributed by atoms with Crippen molar-refractivity contribution in [2.24, 2.45) is 0 Å². The van der Waals surface area contributed by atoms with Gasteiger partial charge in [0.05, 0.1) is 18.7 Å². The van der Waals surface area contributed by atoms with Crippen molar-refractivity contribution in [3.8, 4) is 11.5 Å². The largest absolute Gasteiger partial charge is 0.507 e. The lowest BCUT2D eigenvalue weighted by molar-refractivity contribution is -0.140. The lowest BCUT2D eigenvalue weighted by atomic mass is 9.94. The number of aliphatic hydroxyl groups excluding tert-OH is 1. The van der Waals surface area contributed by atoms with Crippen molar-refractivity contribution >= 4 is 17.4 Å². The monoisotopic (exact) mass is 506 g/mol. The van der Waals surface area contributed by atoms with Crippen LogP contribution in [0.2, 0.25) is 0 Å². The minimum atomic E-state index is -0.847. The molecule has 190 valence electrons. The summed E-state index contributed by atoms with van der Waals surface area (Å²) in [4.78, 5) is 32.2. The van der Waals surface area contributed by atoms with Crippen molar-refractivity contribution in [1.29, 1.82) is 0 Å². The molecule has 5 rings (SSSR count). The second-order valence-corrected chi connectivity index (χ2v) is 8.83. The van der Waals surface area contributed by atoms with Gasteiger partial charge in [-0.15, -0.1) is 0 Å². The maximum atomic E-state index is 13.3. The summed E-state index contributed by atoms with van der Waals surface area (Å²) in [7, 11) is 1.53. The van der Waals surface area contributed by atoms with Crippen molar-refractivity contribution in [2.75, 3.05) is 7.11 Å². The predicted octanol–water partition coefficient (Wildman–Crippen LogP) is 5.29. The molecule has 4 aromatic rings. The fraction of sp³-hybridized carbons (Fsp3) is 0.129. The van der Waals surface area contributed by atoms with Gasteiger partial charge in [-0.25, -0.2) is 0 Å². The van der Waals surface area contributed by atoms with E-state index in [-0.39, 0.29) is 17.9 Å². The first-order chi connectivity index (χ1) is 18.6. The number of pyridine rings is 1. The molecule has 0 radical (unpaired) electrons. The maximum absolute atomic E-state index is 13.3. The molecular weight excluding hydrogens is 480 g/mol. The van der Waals surface area contributed by atoms with Gasteiger partial charge in [0.15, 0.2) is 0 Å². The first-order valence-electron chi connectivity index (χ1n) is 12.1. The van der Waals surface area contributed by atoms with Crippen molar-refractivity contribution < 1.29 is 24.2 Å². The van der Waals surface area contributed by atoms with E-state index in [0.29, 0.717) is 29.2 Å². The van der Waals surface area contributed by atoms with Crippen LogP contribution in [0.5, 0.6) is 11.5 Å². The number of amides is 1. The van der Waals surface area contributed by atoms with Gasteiger partial charge in [-0.05, 0) is 47.5 Å². The standard InChI is InChI=1S/C31H26N2O5/c1-37-26-12-6-5-11-25(26)28-27(30(35)31(36)33(28)19-22-10-7-17-32-18-22)29(34)23-13-15-24(16-14-23)38-20-21-8-3-2-4-9-21/h2-18,28,34H,19-20H2,1H3. The summed E-state index contributed by atoms with van der Waals surface area (Å²) in [6.07, 6.45) is 3.29. The Labute approximate surface area is 220 Å². The van der Waals surface area contributed by atoms with Crippen LogP contribution >= 0.6 is 0 Å². The number of ketones is 1. The molecule has 1 amide bonds. The highest BCUT2D eigenvalue weighted by Gasteiger charge is 2.47. The molecule has 3 aromatic carbocycles. The average molecular weight is 507 g/mol. The zero-order valence-electron chi connectivity index (χ0n) is 20.8. The molecule has 1 aromatic heterocycles. The molecule has 0 saturated carbocycles. The SMILES string of the molecule is COc1ccccc1C1C(=C(O)c2ccc(OCc3ccccc3)cc2)C(=O)C(=O)N1Cc1cccnc1. The van der Waals surface area contributed by atoms with Gasteiger partial charge < -0.3 is 19.5 Å². The summed E-state index contributed by atoms with van der Waals surface area (Å²) in [5.41, 5.74) is 2.79. The van der Waals surface area contributed by atoms with Crippen molar-refractivity contribution in [3.05, 3.63) is 131 Å². The van der Waals surface area contributed by atoms with E-state index in [4.69, 9.17) is 9.47 Å². The van der Waals surface area contributed by atoms with Gasteiger partial charge in [0.2, 0.25) is 0 Å². The number of likely N-dealkylation sites (tertiary alicyclic amines) is 1. The molecule has 1 atom stereocenters. The molecule has 0 spiro atoms. The summed E-state index contributed by atoms with van der Waals surface area (Å²) >= 11 is 0. The molecule has 0 aliphatic carbocycles. The Hall–Kier alpha value is -4.91. The van der Waals surface area contributed by atoms with E-state index in [0.717, 1.165) is 11.1 Å². The molecule has 7 heteroatoms. The first kappa shape index (κ1) is 24.8. The Balaban J connectivity index is 1.51. The fourth-order valence-corrected chi connectivity index (χ4v) is 4.55. The zero-order chi connectivity index (χ0) is 26.5. The van der Waals surface area contributed by atoms with E-state index < -0.39 is 17.7 Å². The minimum Gasteiger partial charge on any atom is -0.507 e. The van der Waals surface area contributed by atoms with Crippen LogP contribution in [0.3, 0.4) is 0 Å². The lowest BCUT2D eigenvalue weighted by Crippen LogP contribution is -2.29. The first-order valence-corrected chi connectivity index (χ1v) is 12.1. The number of hydrogen-bond donors (Lipinski definition) is 1. The highest BCUT2D eigenvalue weighted by atomic mass is 16.5. The Kier molecular flexibility index (Phi) is 7.17. The van der Waals surface area contributed by atoms with Crippen molar-refractivity contribution in [3.63, 3.8) is 0 Å². The lowest BCUT2D eigenvalue weighted by Gasteiger charge is -2.26. The van der Waals surface area contributed by atoms with Crippen LogP contribution in [0.1, 0.15) is 28.3 Å². The normalized spacial score (nSPS) is 16.4. The molecule has 1 fully saturated rings. The smallest absolute Gasteiger partial charge is 0.295 e. The Morgan fingerprint density at radius 1 is 0.895 bits per heavy atom. The predicted molar refractivity (Wildman–Crippen MR) is 142 cm³/mol. The highest BCUT2D eigenvalue weighted by Crippen LogP contribution is 2.43. The molecule has 1 unspecified atom stereocenters. The highest BCUT2D eigenvalue weighted by molar-refractivity contribution is 6.46. The summed E-state index contributed by atoms with van der Waals surface area (Å²) in [6, 6.07) is 26.5. The number of nitrogens with zero attached hydrogens (tertiary/aromatic N) is 2. The third kappa shape index (κ3) is 4.99. The van der Waals surface area contributed by atoms with E-state index in [9.17, 15) is 14.7 Å². The number of aliphatic hydroxyl groups is 1. The number of carbonyl (C=O) groups is 2. The Morgan fingerprint density at radius 2 is 1.61 bits per heavy atom.